The van der Waals surface area contributed by atoms with Crippen LogP contribution in [-0.2, 0) is 16.1 Å². The SMILES string of the molecule is Cc1cccc(CN2C[C@@H]3OCCN(CC(=O)N(C)C)[C@@H]3C2)c1. The second-order valence-electron chi connectivity index (χ2n) is 6.92. The zero-order chi connectivity index (χ0) is 16.4. The third kappa shape index (κ3) is 3.91. The first-order valence-corrected chi connectivity index (χ1v) is 8.36. The van der Waals surface area contributed by atoms with Crippen LogP contribution in [0.3, 0.4) is 0 Å². The summed E-state index contributed by atoms with van der Waals surface area (Å²) in [4.78, 5) is 18.5. The monoisotopic (exact) mass is 317 g/mol. The van der Waals surface area contributed by atoms with Gasteiger partial charge in [0.05, 0.1) is 25.3 Å². The maximum Gasteiger partial charge on any atom is 0.236 e. The molecule has 3 rings (SSSR count). The molecule has 5 heteroatoms. The number of ether oxygens (including phenoxy) is 1. The number of aryl methyl sites for hydroxylation is 1. The summed E-state index contributed by atoms with van der Waals surface area (Å²) in [7, 11) is 3.64. The van der Waals surface area contributed by atoms with Crippen LogP contribution in [0, 0.1) is 6.92 Å². The molecule has 126 valence electrons. The Hall–Kier alpha value is -1.43. The van der Waals surface area contributed by atoms with Gasteiger partial charge in [-0.15, -0.1) is 0 Å². The standard InChI is InChI=1S/C18H27N3O2/c1-14-5-4-6-15(9-14)10-20-11-16-17(12-20)23-8-7-21(16)13-18(22)19(2)3/h4-6,9,16-17H,7-8,10-13H2,1-3H3/t16-,17+/m1/s1. The maximum atomic E-state index is 12.0. The number of likely N-dealkylation sites (N-methyl/N-ethyl adjacent to an activating group) is 1. The van der Waals surface area contributed by atoms with E-state index in [0.717, 1.165) is 32.8 Å². The number of morpholine rings is 1. The summed E-state index contributed by atoms with van der Waals surface area (Å²) in [6.45, 7) is 7.07. The molecular weight excluding hydrogens is 290 g/mol. The molecule has 0 N–H and O–H groups in total. The molecule has 2 fully saturated rings. The van der Waals surface area contributed by atoms with Crippen molar-refractivity contribution in [2.24, 2.45) is 0 Å². The lowest BCUT2D eigenvalue weighted by Crippen LogP contribution is -2.53. The largest absolute Gasteiger partial charge is 0.374 e. The lowest BCUT2D eigenvalue weighted by molar-refractivity contribution is -0.133. The Kier molecular flexibility index (Phi) is 4.99. The first-order valence-electron chi connectivity index (χ1n) is 8.36. The summed E-state index contributed by atoms with van der Waals surface area (Å²) in [6, 6.07) is 9.01. The molecular formula is C18H27N3O2. The van der Waals surface area contributed by atoms with Gasteiger partial charge in [-0.25, -0.2) is 0 Å². The molecule has 5 nitrogen and oxygen atoms in total. The number of carbonyl (C=O) groups excluding carboxylic acids is 1. The highest BCUT2D eigenvalue weighted by Gasteiger charge is 2.40. The molecule has 0 aliphatic carbocycles. The van der Waals surface area contributed by atoms with Gasteiger partial charge in [0.1, 0.15) is 0 Å². The molecule has 0 aromatic heterocycles. The Morgan fingerprint density at radius 2 is 2.17 bits per heavy atom. The van der Waals surface area contributed by atoms with E-state index in [1.807, 2.05) is 14.1 Å². The summed E-state index contributed by atoms with van der Waals surface area (Å²) in [5, 5.41) is 0. The van der Waals surface area contributed by atoms with Gasteiger partial charge in [-0.2, -0.15) is 0 Å². The summed E-state index contributed by atoms with van der Waals surface area (Å²) in [5.41, 5.74) is 2.65. The number of hydrogen-bond donors (Lipinski definition) is 0. The number of fused-ring (bicyclic) bond motifs is 1. The number of amides is 1. The molecule has 0 spiro atoms. The van der Waals surface area contributed by atoms with Crippen LogP contribution in [-0.4, -0.2) is 79.6 Å². The van der Waals surface area contributed by atoms with Gasteiger partial charge in [0.2, 0.25) is 5.91 Å². The Bertz CT molecular complexity index is 561. The van der Waals surface area contributed by atoms with Crippen LogP contribution in [0.4, 0.5) is 0 Å². The average molecular weight is 317 g/mol. The molecule has 1 aromatic carbocycles. The summed E-state index contributed by atoms with van der Waals surface area (Å²) in [5.74, 6) is 0.169. The van der Waals surface area contributed by atoms with Gasteiger partial charge in [-0.1, -0.05) is 29.8 Å². The number of hydrogen-bond acceptors (Lipinski definition) is 4. The summed E-state index contributed by atoms with van der Waals surface area (Å²) < 4.78 is 5.96. The van der Waals surface area contributed by atoms with E-state index in [-0.39, 0.29) is 12.0 Å². The Balaban J connectivity index is 1.62. The molecule has 2 saturated heterocycles. The molecule has 2 aliphatic heterocycles. The third-order valence-corrected chi connectivity index (χ3v) is 4.82. The van der Waals surface area contributed by atoms with Gasteiger partial charge < -0.3 is 9.64 Å². The molecule has 0 unspecified atom stereocenters. The van der Waals surface area contributed by atoms with Crippen molar-refractivity contribution in [1.82, 2.24) is 14.7 Å². The summed E-state index contributed by atoms with van der Waals surface area (Å²) >= 11 is 0. The smallest absolute Gasteiger partial charge is 0.236 e. The van der Waals surface area contributed by atoms with Gasteiger partial charge in [0.15, 0.2) is 0 Å². The molecule has 23 heavy (non-hydrogen) atoms. The lowest BCUT2D eigenvalue weighted by atomic mass is 10.1. The van der Waals surface area contributed by atoms with Crippen molar-refractivity contribution in [3.8, 4) is 0 Å². The number of nitrogens with zero attached hydrogens (tertiary/aromatic N) is 3. The van der Waals surface area contributed by atoms with Crippen LogP contribution in [0.15, 0.2) is 24.3 Å². The zero-order valence-corrected chi connectivity index (χ0v) is 14.4. The third-order valence-electron chi connectivity index (χ3n) is 4.82. The minimum absolute atomic E-state index is 0.169. The van der Waals surface area contributed by atoms with Crippen molar-refractivity contribution < 1.29 is 9.53 Å². The van der Waals surface area contributed by atoms with E-state index in [4.69, 9.17) is 4.74 Å². The molecule has 0 radical (unpaired) electrons. The van der Waals surface area contributed by atoms with Crippen LogP contribution in [0.1, 0.15) is 11.1 Å². The fourth-order valence-corrected chi connectivity index (χ4v) is 3.54. The number of benzene rings is 1. The van der Waals surface area contributed by atoms with Gasteiger partial charge >= 0.3 is 0 Å². The number of likely N-dealkylation sites (tertiary alicyclic amines) is 1. The van der Waals surface area contributed by atoms with Crippen LogP contribution in [0.25, 0.3) is 0 Å². The van der Waals surface area contributed by atoms with Crippen molar-refractivity contribution in [2.45, 2.75) is 25.6 Å². The summed E-state index contributed by atoms with van der Waals surface area (Å²) in [6.07, 6.45) is 0.225. The highest BCUT2D eigenvalue weighted by molar-refractivity contribution is 5.77. The van der Waals surface area contributed by atoms with Crippen LogP contribution >= 0.6 is 0 Å². The van der Waals surface area contributed by atoms with E-state index in [1.165, 1.54) is 11.1 Å². The predicted molar refractivity (Wildman–Crippen MR) is 90.3 cm³/mol. The minimum atomic E-state index is 0.169. The van der Waals surface area contributed by atoms with Gasteiger partial charge in [-0.3, -0.25) is 14.6 Å². The molecule has 1 aromatic rings. The molecule has 2 atom stereocenters. The van der Waals surface area contributed by atoms with E-state index in [2.05, 4.69) is 41.0 Å². The Morgan fingerprint density at radius 3 is 2.91 bits per heavy atom. The number of rotatable bonds is 4. The van der Waals surface area contributed by atoms with Gasteiger partial charge in [-0.05, 0) is 12.5 Å². The van der Waals surface area contributed by atoms with Crippen LogP contribution in [0.2, 0.25) is 0 Å². The van der Waals surface area contributed by atoms with E-state index < -0.39 is 0 Å². The molecule has 2 heterocycles. The van der Waals surface area contributed by atoms with Crippen molar-refractivity contribution in [3.05, 3.63) is 35.4 Å². The van der Waals surface area contributed by atoms with Crippen molar-refractivity contribution in [1.29, 1.82) is 0 Å². The van der Waals surface area contributed by atoms with E-state index in [1.54, 1.807) is 4.90 Å². The normalized spacial score (nSPS) is 25.3. The minimum Gasteiger partial charge on any atom is -0.374 e. The fraction of sp³-hybridized carbons (Fsp3) is 0.611. The second-order valence-corrected chi connectivity index (χ2v) is 6.92. The van der Waals surface area contributed by atoms with Gasteiger partial charge in [0.25, 0.3) is 0 Å². The van der Waals surface area contributed by atoms with Gasteiger partial charge in [0, 0.05) is 40.3 Å². The maximum absolute atomic E-state index is 12.0. The van der Waals surface area contributed by atoms with Crippen molar-refractivity contribution in [3.63, 3.8) is 0 Å². The topological polar surface area (TPSA) is 36.0 Å². The highest BCUT2D eigenvalue weighted by Crippen LogP contribution is 2.24. The fourth-order valence-electron chi connectivity index (χ4n) is 3.54. The van der Waals surface area contributed by atoms with E-state index in [9.17, 15) is 4.79 Å². The lowest BCUT2D eigenvalue weighted by Gasteiger charge is -2.36. The van der Waals surface area contributed by atoms with E-state index >= 15 is 0 Å². The Labute approximate surface area is 138 Å². The number of carbonyl (C=O) groups is 1. The predicted octanol–water partition coefficient (Wildman–Crippen LogP) is 0.968. The molecule has 1 amide bonds. The Morgan fingerprint density at radius 1 is 1.35 bits per heavy atom. The van der Waals surface area contributed by atoms with Crippen LogP contribution in [0.5, 0.6) is 0 Å². The van der Waals surface area contributed by atoms with E-state index in [0.29, 0.717) is 12.6 Å². The van der Waals surface area contributed by atoms with Crippen molar-refractivity contribution in [2.75, 3.05) is 46.9 Å². The molecule has 2 aliphatic rings. The van der Waals surface area contributed by atoms with Crippen molar-refractivity contribution >= 4 is 5.91 Å². The average Bonchev–Trinajstić information content (AvgIpc) is 2.90. The molecule has 0 saturated carbocycles. The second kappa shape index (κ2) is 6.99. The first kappa shape index (κ1) is 16.4. The quantitative estimate of drug-likeness (QED) is 0.829. The van der Waals surface area contributed by atoms with Crippen LogP contribution < -0.4 is 0 Å². The highest BCUT2D eigenvalue weighted by atomic mass is 16.5. The molecule has 0 bridgehead atoms. The zero-order valence-electron chi connectivity index (χ0n) is 14.4. The first-order chi connectivity index (χ1) is 11.0.